The number of benzene rings is 3. The van der Waals surface area contributed by atoms with Crippen LogP contribution in [0.4, 0.5) is 5.69 Å². The van der Waals surface area contributed by atoms with Gasteiger partial charge in [0, 0.05) is 17.3 Å². The second-order valence-electron chi connectivity index (χ2n) is 7.56. The zero-order chi connectivity index (χ0) is 23.2. The molecule has 3 aromatic rings. The minimum atomic E-state index is -0.302. The van der Waals surface area contributed by atoms with Gasteiger partial charge in [0.05, 0.1) is 6.61 Å². The Morgan fingerprint density at radius 1 is 1.09 bits per heavy atom. The maximum absolute atomic E-state index is 13.1. The van der Waals surface area contributed by atoms with Crippen LogP contribution in [-0.2, 0) is 17.8 Å². The molecule has 6 heteroatoms. The van der Waals surface area contributed by atoms with Gasteiger partial charge in [-0.2, -0.15) is 5.26 Å². The molecule has 0 fully saturated rings. The summed E-state index contributed by atoms with van der Waals surface area (Å²) in [6.07, 6.45) is 2.38. The predicted octanol–water partition coefficient (Wildman–Crippen LogP) is 5.81. The SMILES string of the molecule is CCOc1cc(C=C(C#N)C(=O)N2CCc3ccccc32)ccc1OCc1ccc(Cl)cc1. The van der Waals surface area contributed by atoms with Crippen LogP contribution in [0.15, 0.2) is 72.3 Å². The Balaban J connectivity index is 1.55. The number of nitriles is 1. The average Bonchev–Trinajstić information content (AvgIpc) is 3.27. The van der Waals surface area contributed by atoms with E-state index in [1.807, 2.05) is 61.5 Å². The van der Waals surface area contributed by atoms with Gasteiger partial charge >= 0.3 is 0 Å². The number of halogens is 1. The number of hydrogen-bond donors (Lipinski definition) is 0. The van der Waals surface area contributed by atoms with Crippen molar-refractivity contribution in [1.29, 1.82) is 5.26 Å². The lowest BCUT2D eigenvalue weighted by atomic mass is 10.1. The Hall–Kier alpha value is -3.75. The van der Waals surface area contributed by atoms with Gasteiger partial charge < -0.3 is 14.4 Å². The number of hydrogen-bond acceptors (Lipinski definition) is 4. The molecule has 0 aromatic heterocycles. The third kappa shape index (κ3) is 5.19. The Kier molecular flexibility index (Phi) is 6.97. The van der Waals surface area contributed by atoms with E-state index in [-0.39, 0.29) is 11.5 Å². The third-order valence-electron chi connectivity index (χ3n) is 5.37. The number of amides is 1. The summed E-state index contributed by atoms with van der Waals surface area (Å²) in [6, 6.07) is 22.7. The van der Waals surface area contributed by atoms with Crippen molar-refractivity contribution < 1.29 is 14.3 Å². The first-order valence-corrected chi connectivity index (χ1v) is 11.1. The molecule has 0 N–H and O–H groups in total. The van der Waals surface area contributed by atoms with E-state index in [2.05, 4.69) is 6.07 Å². The van der Waals surface area contributed by atoms with Crippen molar-refractivity contribution in [3.8, 4) is 17.6 Å². The highest BCUT2D eigenvalue weighted by Gasteiger charge is 2.26. The number of carbonyl (C=O) groups excluding carboxylic acids is 1. The number of nitrogens with zero attached hydrogens (tertiary/aromatic N) is 2. The van der Waals surface area contributed by atoms with E-state index in [0.717, 1.165) is 23.2 Å². The first kappa shape index (κ1) is 22.4. The molecule has 1 aliphatic rings. The summed E-state index contributed by atoms with van der Waals surface area (Å²) in [7, 11) is 0. The summed E-state index contributed by atoms with van der Waals surface area (Å²) >= 11 is 5.94. The molecule has 33 heavy (non-hydrogen) atoms. The van der Waals surface area contributed by atoms with Crippen LogP contribution < -0.4 is 14.4 Å². The van der Waals surface area contributed by atoms with E-state index in [4.69, 9.17) is 21.1 Å². The minimum absolute atomic E-state index is 0.0731. The fourth-order valence-electron chi connectivity index (χ4n) is 3.75. The molecular weight excluding hydrogens is 436 g/mol. The van der Waals surface area contributed by atoms with Crippen molar-refractivity contribution in [2.75, 3.05) is 18.1 Å². The molecule has 4 rings (SSSR count). The first-order valence-electron chi connectivity index (χ1n) is 10.7. The van der Waals surface area contributed by atoms with Crippen molar-refractivity contribution >= 4 is 29.3 Å². The lowest BCUT2D eigenvalue weighted by Crippen LogP contribution is -2.29. The van der Waals surface area contributed by atoms with Crippen LogP contribution in [0.25, 0.3) is 6.08 Å². The van der Waals surface area contributed by atoms with Gasteiger partial charge in [0.25, 0.3) is 5.91 Å². The highest BCUT2D eigenvalue weighted by molar-refractivity contribution is 6.30. The van der Waals surface area contributed by atoms with E-state index in [0.29, 0.717) is 41.8 Å². The van der Waals surface area contributed by atoms with Crippen molar-refractivity contribution in [2.45, 2.75) is 20.0 Å². The van der Waals surface area contributed by atoms with Crippen LogP contribution in [0.1, 0.15) is 23.6 Å². The molecule has 5 nitrogen and oxygen atoms in total. The Bertz CT molecular complexity index is 1230. The van der Waals surface area contributed by atoms with Crippen LogP contribution in [0.3, 0.4) is 0 Å². The molecule has 0 atom stereocenters. The second kappa shape index (κ2) is 10.2. The molecule has 166 valence electrons. The maximum atomic E-state index is 13.1. The summed E-state index contributed by atoms with van der Waals surface area (Å²) in [4.78, 5) is 14.7. The topological polar surface area (TPSA) is 62.6 Å². The molecule has 1 amide bonds. The van der Waals surface area contributed by atoms with Crippen LogP contribution in [0.2, 0.25) is 5.02 Å². The number of para-hydroxylation sites is 1. The molecule has 0 saturated carbocycles. The van der Waals surface area contributed by atoms with Crippen LogP contribution in [-0.4, -0.2) is 19.1 Å². The summed E-state index contributed by atoms with van der Waals surface area (Å²) in [5, 5.41) is 10.4. The quantitative estimate of drug-likeness (QED) is 0.331. The van der Waals surface area contributed by atoms with E-state index in [1.54, 1.807) is 23.1 Å². The molecule has 0 bridgehead atoms. The fourth-order valence-corrected chi connectivity index (χ4v) is 3.87. The average molecular weight is 459 g/mol. The standard InChI is InChI=1S/C27H23ClN2O3/c1-2-32-26-16-20(9-12-25(26)33-18-19-7-10-23(28)11-8-19)15-22(17-29)27(31)30-14-13-21-5-3-4-6-24(21)30/h3-12,15-16H,2,13-14,18H2,1H3. The van der Waals surface area contributed by atoms with Crippen molar-refractivity contribution in [2.24, 2.45) is 0 Å². The fraction of sp³-hybridized carbons (Fsp3) is 0.185. The van der Waals surface area contributed by atoms with Gasteiger partial charge in [-0.3, -0.25) is 4.79 Å². The van der Waals surface area contributed by atoms with Crippen molar-refractivity contribution in [1.82, 2.24) is 0 Å². The lowest BCUT2D eigenvalue weighted by Gasteiger charge is -2.17. The Morgan fingerprint density at radius 3 is 2.64 bits per heavy atom. The predicted molar refractivity (Wildman–Crippen MR) is 129 cm³/mol. The number of carbonyl (C=O) groups is 1. The van der Waals surface area contributed by atoms with E-state index in [1.165, 1.54) is 0 Å². The summed E-state index contributed by atoms with van der Waals surface area (Å²) in [5.41, 5.74) is 3.72. The van der Waals surface area contributed by atoms with Crippen LogP contribution >= 0.6 is 11.6 Å². The highest BCUT2D eigenvalue weighted by Crippen LogP contribution is 2.32. The molecule has 0 aliphatic carbocycles. The van der Waals surface area contributed by atoms with Crippen molar-refractivity contribution in [3.05, 3.63) is 94.0 Å². The monoisotopic (exact) mass is 458 g/mol. The zero-order valence-corrected chi connectivity index (χ0v) is 19.0. The lowest BCUT2D eigenvalue weighted by molar-refractivity contribution is -0.114. The van der Waals surface area contributed by atoms with Gasteiger partial charge in [-0.05, 0) is 66.4 Å². The van der Waals surface area contributed by atoms with Crippen LogP contribution in [0, 0.1) is 11.3 Å². The Morgan fingerprint density at radius 2 is 1.88 bits per heavy atom. The third-order valence-corrected chi connectivity index (χ3v) is 5.62. The van der Waals surface area contributed by atoms with E-state index >= 15 is 0 Å². The van der Waals surface area contributed by atoms with E-state index in [9.17, 15) is 10.1 Å². The second-order valence-corrected chi connectivity index (χ2v) is 8.00. The van der Waals surface area contributed by atoms with Crippen LogP contribution in [0.5, 0.6) is 11.5 Å². The van der Waals surface area contributed by atoms with Gasteiger partial charge in [-0.25, -0.2) is 0 Å². The van der Waals surface area contributed by atoms with Gasteiger partial charge in [-0.15, -0.1) is 0 Å². The summed E-state index contributed by atoms with van der Waals surface area (Å²) < 4.78 is 11.7. The van der Waals surface area contributed by atoms with Crippen molar-refractivity contribution in [3.63, 3.8) is 0 Å². The summed E-state index contributed by atoms with van der Waals surface area (Å²) in [5.74, 6) is 0.835. The maximum Gasteiger partial charge on any atom is 0.268 e. The smallest absolute Gasteiger partial charge is 0.268 e. The zero-order valence-electron chi connectivity index (χ0n) is 18.3. The minimum Gasteiger partial charge on any atom is -0.490 e. The molecule has 3 aromatic carbocycles. The molecule has 0 saturated heterocycles. The number of rotatable bonds is 7. The van der Waals surface area contributed by atoms with Gasteiger partial charge in [-0.1, -0.05) is 48.0 Å². The molecule has 0 unspecified atom stereocenters. The normalized spacial score (nSPS) is 12.8. The molecule has 0 spiro atoms. The largest absolute Gasteiger partial charge is 0.490 e. The first-order chi connectivity index (χ1) is 16.1. The highest BCUT2D eigenvalue weighted by atomic mass is 35.5. The van der Waals surface area contributed by atoms with Gasteiger partial charge in [0.2, 0.25) is 0 Å². The number of ether oxygens (including phenoxy) is 2. The van der Waals surface area contributed by atoms with Gasteiger partial charge in [0.15, 0.2) is 11.5 Å². The number of anilines is 1. The number of fused-ring (bicyclic) bond motifs is 1. The molecule has 0 radical (unpaired) electrons. The van der Waals surface area contributed by atoms with Gasteiger partial charge in [0.1, 0.15) is 18.2 Å². The molecular formula is C27H23ClN2O3. The molecule has 1 heterocycles. The van der Waals surface area contributed by atoms with E-state index < -0.39 is 0 Å². The summed E-state index contributed by atoms with van der Waals surface area (Å²) in [6.45, 7) is 3.28. The Labute approximate surface area is 198 Å². The molecule has 1 aliphatic heterocycles.